The molecule has 0 unspecified atom stereocenters. The topological polar surface area (TPSA) is 37.8 Å². The number of pyridine rings is 2. The molecule has 0 saturated heterocycles. The molecular weight excluding hydrogens is 234 g/mol. The Morgan fingerprint density at radius 3 is 2.89 bits per heavy atom. The molecule has 0 radical (unpaired) electrons. The van der Waals surface area contributed by atoms with Crippen molar-refractivity contribution in [1.82, 2.24) is 15.3 Å². The molecule has 0 saturated carbocycles. The molecule has 0 fully saturated rings. The van der Waals surface area contributed by atoms with E-state index in [0.29, 0.717) is 0 Å². The molecule has 1 aromatic carbocycles. The highest BCUT2D eigenvalue weighted by atomic mass is 14.8. The average molecular weight is 249 g/mol. The Bertz CT molecular complexity index is 702. The van der Waals surface area contributed by atoms with Gasteiger partial charge in [0.25, 0.3) is 0 Å². The number of hydrogen-bond acceptors (Lipinski definition) is 3. The van der Waals surface area contributed by atoms with Gasteiger partial charge in [-0.15, -0.1) is 0 Å². The van der Waals surface area contributed by atoms with Crippen LogP contribution in [0.1, 0.15) is 5.56 Å². The summed E-state index contributed by atoms with van der Waals surface area (Å²) >= 11 is 0. The molecule has 3 rings (SSSR count). The predicted molar refractivity (Wildman–Crippen MR) is 77.7 cm³/mol. The fourth-order valence-electron chi connectivity index (χ4n) is 2.27. The van der Waals surface area contributed by atoms with Crippen molar-refractivity contribution in [2.75, 3.05) is 7.05 Å². The summed E-state index contributed by atoms with van der Waals surface area (Å²) in [6.45, 7) is 0.818. The number of para-hydroxylation sites is 1. The Balaban J connectivity index is 2.16. The van der Waals surface area contributed by atoms with E-state index < -0.39 is 0 Å². The lowest BCUT2D eigenvalue weighted by Gasteiger charge is -2.07. The Labute approximate surface area is 112 Å². The van der Waals surface area contributed by atoms with E-state index in [2.05, 4.69) is 45.6 Å². The number of nitrogens with zero attached hydrogens (tertiary/aromatic N) is 2. The van der Waals surface area contributed by atoms with Crippen LogP contribution in [0.25, 0.3) is 22.0 Å². The van der Waals surface area contributed by atoms with Crippen molar-refractivity contribution >= 4 is 10.9 Å². The van der Waals surface area contributed by atoms with Gasteiger partial charge in [0.05, 0.1) is 5.52 Å². The number of aromatic nitrogens is 2. The monoisotopic (exact) mass is 249 g/mol. The molecule has 3 heteroatoms. The lowest BCUT2D eigenvalue weighted by atomic mass is 10.0. The maximum absolute atomic E-state index is 4.49. The molecule has 0 amide bonds. The van der Waals surface area contributed by atoms with Crippen LogP contribution in [0.5, 0.6) is 0 Å². The highest BCUT2D eigenvalue weighted by Gasteiger charge is 2.05. The summed E-state index contributed by atoms with van der Waals surface area (Å²) in [4.78, 5) is 8.81. The van der Waals surface area contributed by atoms with Gasteiger partial charge < -0.3 is 5.32 Å². The Morgan fingerprint density at radius 2 is 2.00 bits per heavy atom. The largest absolute Gasteiger partial charge is 0.316 e. The van der Waals surface area contributed by atoms with Crippen molar-refractivity contribution in [2.45, 2.75) is 6.54 Å². The van der Waals surface area contributed by atoms with Crippen molar-refractivity contribution in [3.05, 3.63) is 60.6 Å². The van der Waals surface area contributed by atoms with Crippen LogP contribution in [0, 0.1) is 0 Å². The summed E-state index contributed by atoms with van der Waals surface area (Å²) < 4.78 is 0. The third-order valence-electron chi connectivity index (χ3n) is 3.12. The van der Waals surface area contributed by atoms with Crippen LogP contribution in [-0.2, 0) is 6.54 Å². The van der Waals surface area contributed by atoms with Crippen LogP contribution >= 0.6 is 0 Å². The van der Waals surface area contributed by atoms with Gasteiger partial charge in [-0.25, -0.2) is 0 Å². The minimum Gasteiger partial charge on any atom is -0.316 e. The van der Waals surface area contributed by atoms with Crippen LogP contribution in [0.4, 0.5) is 0 Å². The summed E-state index contributed by atoms with van der Waals surface area (Å²) in [6.07, 6.45) is 5.61. The van der Waals surface area contributed by atoms with E-state index in [0.717, 1.165) is 28.6 Å². The first-order chi connectivity index (χ1) is 9.38. The van der Waals surface area contributed by atoms with Crippen molar-refractivity contribution in [3.63, 3.8) is 0 Å². The lowest BCUT2D eigenvalue weighted by Crippen LogP contribution is -2.05. The summed E-state index contributed by atoms with van der Waals surface area (Å²) in [5.74, 6) is 0. The first-order valence-electron chi connectivity index (χ1n) is 6.31. The number of rotatable bonds is 3. The SMILES string of the molecule is CNCc1cncc(-c2cccc3cccnc23)c1. The first kappa shape index (κ1) is 11.8. The van der Waals surface area contributed by atoms with E-state index >= 15 is 0 Å². The van der Waals surface area contributed by atoms with E-state index in [-0.39, 0.29) is 0 Å². The number of nitrogens with one attached hydrogen (secondary N) is 1. The first-order valence-corrected chi connectivity index (χ1v) is 6.31. The maximum atomic E-state index is 4.49. The van der Waals surface area contributed by atoms with Crippen molar-refractivity contribution < 1.29 is 0 Å². The van der Waals surface area contributed by atoms with Gasteiger partial charge >= 0.3 is 0 Å². The molecule has 3 aromatic rings. The highest BCUT2D eigenvalue weighted by Crippen LogP contribution is 2.26. The van der Waals surface area contributed by atoms with Crippen molar-refractivity contribution in [2.24, 2.45) is 0 Å². The summed E-state index contributed by atoms with van der Waals surface area (Å²) in [6, 6.07) is 12.4. The fraction of sp³-hybridized carbons (Fsp3) is 0.125. The fourth-order valence-corrected chi connectivity index (χ4v) is 2.27. The Hall–Kier alpha value is -2.26. The predicted octanol–water partition coefficient (Wildman–Crippen LogP) is 3.02. The standard InChI is InChI=1S/C16H15N3/c1-17-9-12-8-14(11-18-10-12)15-6-2-4-13-5-3-7-19-16(13)15/h2-8,10-11,17H,9H2,1H3. The van der Waals surface area contributed by atoms with Gasteiger partial charge in [0.2, 0.25) is 0 Å². The van der Waals surface area contributed by atoms with Gasteiger partial charge in [-0.3, -0.25) is 9.97 Å². The zero-order valence-electron chi connectivity index (χ0n) is 10.8. The quantitative estimate of drug-likeness (QED) is 0.775. The van der Waals surface area contributed by atoms with Gasteiger partial charge in [0, 0.05) is 41.6 Å². The molecule has 0 spiro atoms. The van der Waals surface area contributed by atoms with Crippen LogP contribution < -0.4 is 5.32 Å². The second kappa shape index (κ2) is 5.16. The second-order valence-electron chi connectivity index (χ2n) is 4.49. The molecule has 2 aromatic heterocycles. The molecule has 0 bridgehead atoms. The minimum absolute atomic E-state index is 0.818. The number of hydrogen-bond donors (Lipinski definition) is 1. The minimum atomic E-state index is 0.818. The molecule has 1 N–H and O–H groups in total. The van der Waals surface area contributed by atoms with Gasteiger partial charge in [0.15, 0.2) is 0 Å². The third kappa shape index (κ3) is 2.33. The number of fused-ring (bicyclic) bond motifs is 1. The normalized spacial score (nSPS) is 10.8. The van der Waals surface area contributed by atoms with E-state index in [1.165, 1.54) is 5.56 Å². The summed E-state index contributed by atoms with van der Waals surface area (Å²) in [5, 5.41) is 4.30. The van der Waals surface area contributed by atoms with Crippen LogP contribution in [0.2, 0.25) is 0 Å². The molecule has 94 valence electrons. The summed E-state index contributed by atoms with van der Waals surface area (Å²) in [5.41, 5.74) is 4.43. The zero-order valence-corrected chi connectivity index (χ0v) is 10.8. The lowest BCUT2D eigenvalue weighted by molar-refractivity contribution is 0.814. The van der Waals surface area contributed by atoms with Gasteiger partial charge in [-0.1, -0.05) is 24.3 Å². The Morgan fingerprint density at radius 1 is 1.11 bits per heavy atom. The van der Waals surface area contributed by atoms with E-state index in [4.69, 9.17) is 0 Å². The molecule has 0 aliphatic rings. The second-order valence-corrected chi connectivity index (χ2v) is 4.49. The van der Waals surface area contributed by atoms with E-state index in [1.807, 2.05) is 31.7 Å². The highest BCUT2D eigenvalue weighted by molar-refractivity contribution is 5.93. The molecule has 0 atom stereocenters. The zero-order chi connectivity index (χ0) is 13.1. The maximum Gasteiger partial charge on any atom is 0.0780 e. The molecular formula is C16H15N3. The van der Waals surface area contributed by atoms with Crippen LogP contribution in [-0.4, -0.2) is 17.0 Å². The van der Waals surface area contributed by atoms with Gasteiger partial charge in [-0.2, -0.15) is 0 Å². The molecule has 3 nitrogen and oxygen atoms in total. The van der Waals surface area contributed by atoms with E-state index in [1.54, 1.807) is 0 Å². The molecule has 19 heavy (non-hydrogen) atoms. The molecule has 0 aliphatic heterocycles. The average Bonchev–Trinajstić information content (AvgIpc) is 2.47. The van der Waals surface area contributed by atoms with Gasteiger partial charge in [0.1, 0.15) is 0 Å². The Kier molecular flexibility index (Phi) is 3.21. The van der Waals surface area contributed by atoms with E-state index in [9.17, 15) is 0 Å². The molecule has 0 aliphatic carbocycles. The van der Waals surface area contributed by atoms with Crippen LogP contribution in [0.15, 0.2) is 55.0 Å². The number of benzene rings is 1. The van der Waals surface area contributed by atoms with Gasteiger partial charge in [-0.05, 0) is 24.7 Å². The van der Waals surface area contributed by atoms with Crippen molar-refractivity contribution in [3.8, 4) is 11.1 Å². The van der Waals surface area contributed by atoms with Crippen molar-refractivity contribution in [1.29, 1.82) is 0 Å². The van der Waals surface area contributed by atoms with Crippen LogP contribution in [0.3, 0.4) is 0 Å². The third-order valence-corrected chi connectivity index (χ3v) is 3.12. The molecule has 2 heterocycles. The summed E-state index contributed by atoms with van der Waals surface area (Å²) in [7, 11) is 1.94. The smallest absolute Gasteiger partial charge is 0.0780 e.